The first-order chi connectivity index (χ1) is 21.0. The van der Waals surface area contributed by atoms with Crippen molar-refractivity contribution in [1.82, 2.24) is 0 Å². The molecule has 1 heterocycles. The summed E-state index contributed by atoms with van der Waals surface area (Å²) in [7, 11) is 1.03. The van der Waals surface area contributed by atoms with Crippen LogP contribution in [-0.4, -0.2) is 80.4 Å². The van der Waals surface area contributed by atoms with Crippen molar-refractivity contribution in [2.45, 2.75) is 51.5 Å². The fraction of sp³-hybridized carbons (Fsp3) is 0.333. The van der Waals surface area contributed by atoms with Gasteiger partial charge in [-0.1, -0.05) is 49.1 Å². The molecule has 44 heavy (non-hydrogen) atoms. The number of ether oxygens (including phenoxy) is 7. The maximum Gasteiger partial charge on any atom is 0.414 e. The molecule has 14 heteroatoms. The molecular formula is C30H31NO13. The van der Waals surface area contributed by atoms with Gasteiger partial charge in [0.1, 0.15) is 6.61 Å². The van der Waals surface area contributed by atoms with Crippen LogP contribution in [0.2, 0.25) is 0 Å². The molecule has 0 bridgehead atoms. The normalized spacial score (nSPS) is 20.7. The Morgan fingerprint density at radius 2 is 1.36 bits per heavy atom. The predicted molar refractivity (Wildman–Crippen MR) is 150 cm³/mol. The third-order valence-electron chi connectivity index (χ3n) is 5.99. The lowest BCUT2D eigenvalue weighted by Gasteiger charge is -2.42. The van der Waals surface area contributed by atoms with Crippen LogP contribution in [0.25, 0.3) is 11.1 Å². The maximum absolute atomic E-state index is 13.2. The van der Waals surface area contributed by atoms with Crippen molar-refractivity contribution in [3.8, 4) is 11.1 Å². The van der Waals surface area contributed by atoms with Gasteiger partial charge in [0.2, 0.25) is 12.4 Å². The monoisotopic (exact) mass is 613 g/mol. The molecule has 14 nitrogen and oxygen atoms in total. The molecule has 0 saturated carbocycles. The molecule has 234 valence electrons. The van der Waals surface area contributed by atoms with E-state index in [0.717, 1.165) is 27.9 Å². The first kappa shape index (κ1) is 33.3. The van der Waals surface area contributed by atoms with Gasteiger partial charge >= 0.3 is 35.9 Å². The van der Waals surface area contributed by atoms with Gasteiger partial charge in [0.25, 0.3) is 0 Å². The van der Waals surface area contributed by atoms with Crippen LogP contribution in [0.15, 0.2) is 61.2 Å². The summed E-state index contributed by atoms with van der Waals surface area (Å²) < 4.78 is 36.7. The SMILES string of the molecule is C=CCOC(=O)c1ccccc1-c1ccccc1NC(=O)OC1OC(C(=O)OC)C(OC(C)=O)C(OC(C)=O)C1OC(C)=O. The number of benzene rings is 2. The molecule has 5 atom stereocenters. The van der Waals surface area contributed by atoms with Crippen molar-refractivity contribution >= 4 is 41.6 Å². The number of carbonyl (C=O) groups is 6. The van der Waals surface area contributed by atoms with E-state index in [-0.39, 0.29) is 17.9 Å². The van der Waals surface area contributed by atoms with Crippen LogP contribution in [0, 0.1) is 0 Å². The van der Waals surface area contributed by atoms with Crippen molar-refractivity contribution in [2.24, 2.45) is 0 Å². The maximum atomic E-state index is 13.2. The summed E-state index contributed by atoms with van der Waals surface area (Å²) in [6.07, 6.45) is -8.28. The smallest absolute Gasteiger partial charge is 0.414 e. The van der Waals surface area contributed by atoms with Gasteiger partial charge in [0.05, 0.1) is 18.4 Å². The van der Waals surface area contributed by atoms with Crippen LogP contribution in [-0.2, 0) is 52.3 Å². The van der Waals surface area contributed by atoms with Gasteiger partial charge < -0.3 is 33.2 Å². The van der Waals surface area contributed by atoms with E-state index in [0.29, 0.717) is 11.1 Å². The molecular weight excluding hydrogens is 582 g/mol. The second kappa shape index (κ2) is 15.3. The van der Waals surface area contributed by atoms with Crippen LogP contribution in [0.4, 0.5) is 10.5 Å². The number of carbonyl (C=O) groups excluding carboxylic acids is 6. The Morgan fingerprint density at radius 3 is 1.98 bits per heavy atom. The minimum Gasteiger partial charge on any atom is -0.467 e. The Bertz CT molecular complexity index is 1420. The summed E-state index contributed by atoms with van der Waals surface area (Å²) in [4.78, 5) is 74.4. The van der Waals surface area contributed by atoms with Crippen molar-refractivity contribution in [3.05, 3.63) is 66.7 Å². The zero-order chi connectivity index (χ0) is 32.4. The lowest BCUT2D eigenvalue weighted by molar-refractivity contribution is -0.287. The van der Waals surface area contributed by atoms with Gasteiger partial charge in [-0.05, 0) is 17.7 Å². The molecule has 2 aromatic rings. The summed E-state index contributed by atoms with van der Waals surface area (Å²) in [6.45, 7) is 6.61. The van der Waals surface area contributed by atoms with Crippen molar-refractivity contribution < 1.29 is 61.9 Å². The third-order valence-corrected chi connectivity index (χ3v) is 5.99. The van der Waals surface area contributed by atoms with Gasteiger partial charge in [-0.15, -0.1) is 0 Å². The Hall–Kier alpha value is -5.24. The van der Waals surface area contributed by atoms with E-state index in [1.807, 2.05) is 0 Å². The van der Waals surface area contributed by atoms with Gasteiger partial charge in [-0.3, -0.25) is 19.7 Å². The van der Waals surface area contributed by atoms with E-state index in [1.54, 1.807) is 42.5 Å². The van der Waals surface area contributed by atoms with E-state index in [2.05, 4.69) is 11.9 Å². The first-order valence-electron chi connectivity index (χ1n) is 13.2. The van der Waals surface area contributed by atoms with Crippen molar-refractivity contribution in [2.75, 3.05) is 19.0 Å². The Balaban J connectivity index is 1.96. The zero-order valence-electron chi connectivity index (χ0n) is 24.3. The second-order valence-electron chi connectivity index (χ2n) is 9.18. The van der Waals surface area contributed by atoms with E-state index in [1.165, 1.54) is 12.1 Å². The van der Waals surface area contributed by atoms with Crippen LogP contribution in [0.5, 0.6) is 0 Å². The number of hydrogen-bond donors (Lipinski definition) is 1. The van der Waals surface area contributed by atoms with Crippen LogP contribution in [0.3, 0.4) is 0 Å². The fourth-order valence-corrected chi connectivity index (χ4v) is 4.35. The molecule has 3 rings (SSSR count). The summed E-state index contributed by atoms with van der Waals surface area (Å²) in [5.74, 6) is -4.35. The molecule has 0 spiro atoms. The van der Waals surface area contributed by atoms with E-state index in [9.17, 15) is 28.8 Å². The molecule has 2 aromatic carbocycles. The van der Waals surface area contributed by atoms with E-state index < -0.39 is 66.6 Å². The molecule has 1 saturated heterocycles. The van der Waals surface area contributed by atoms with Gasteiger partial charge in [0.15, 0.2) is 18.3 Å². The molecule has 0 aromatic heterocycles. The molecule has 1 aliphatic rings. The Morgan fingerprint density at radius 1 is 0.795 bits per heavy atom. The second-order valence-corrected chi connectivity index (χ2v) is 9.18. The highest BCUT2D eigenvalue weighted by atomic mass is 16.8. The minimum atomic E-state index is -1.85. The van der Waals surface area contributed by atoms with Crippen molar-refractivity contribution in [1.29, 1.82) is 0 Å². The average molecular weight is 614 g/mol. The Labute approximate surface area is 252 Å². The lowest BCUT2D eigenvalue weighted by Crippen LogP contribution is -2.64. The van der Waals surface area contributed by atoms with Crippen LogP contribution < -0.4 is 5.32 Å². The van der Waals surface area contributed by atoms with Crippen molar-refractivity contribution in [3.63, 3.8) is 0 Å². The molecule has 0 radical (unpaired) electrons. The number of hydrogen-bond acceptors (Lipinski definition) is 13. The van der Waals surface area contributed by atoms with E-state index >= 15 is 0 Å². The molecule has 1 fully saturated rings. The number of anilines is 1. The third kappa shape index (κ3) is 8.41. The number of rotatable bonds is 10. The summed E-state index contributed by atoms with van der Waals surface area (Å²) in [6, 6.07) is 13.0. The molecule has 0 aliphatic carbocycles. The number of esters is 5. The molecule has 5 unspecified atom stereocenters. The molecule has 1 amide bonds. The topological polar surface area (TPSA) is 179 Å². The van der Waals surface area contributed by atoms with Crippen LogP contribution >= 0.6 is 0 Å². The summed E-state index contributed by atoms with van der Waals surface area (Å²) in [5.41, 5.74) is 1.25. The highest BCUT2D eigenvalue weighted by molar-refractivity contribution is 6.01. The largest absolute Gasteiger partial charge is 0.467 e. The van der Waals surface area contributed by atoms with Crippen LogP contribution in [0.1, 0.15) is 31.1 Å². The number of nitrogens with one attached hydrogen (secondary N) is 1. The fourth-order valence-electron chi connectivity index (χ4n) is 4.35. The highest BCUT2D eigenvalue weighted by Gasteiger charge is 2.56. The van der Waals surface area contributed by atoms with Gasteiger partial charge in [-0.2, -0.15) is 0 Å². The Kier molecular flexibility index (Phi) is 11.6. The van der Waals surface area contributed by atoms with Gasteiger partial charge in [-0.25, -0.2) is 14.4 Å². The first-order valence-corrected chi connectivity index (χ1v) is 13.2. The highest BCUT2D eigenvalue weighted by Crippen LogP contribution is 2.33. The number of para-hydroxylation sites is 1. The predicted octanol–water partition coefficient (Wildman–Crippen LogP) is 2.94. The lowest BCUT2D eigenvalue weighted by atomic mass is 9.97. The van der Waals surface area contributed by atoms with E-state index in [4.69, 9.17) is 33.2 Å². The minimum absolute atomic E-state index is 0.0104. The summed E-state index contributed by atoms with van der Waals surface area (Å²) in [5, 5.41) is 2.54. The zero-order valence-corrected chi connectivity index (χ0v) is 24.3. The molecule has 1 aliphatic heterocycles. The standard InChI is InChI=1S/C30H31NO13/c1-6-15-39-27(35)21-13-8-7-11-19(21)20-12-9-10-14-22(20)31-30(37)44-29-26(42-18(4)34)24(41-17(3)33)23(40-16(2)32)25(43-29)28(36)38-5/h6-14,23-26,29H,1,15H2,2-5H3,(H,31,37). The number of amides is 1. The number of methoxy groups -OCH3 is 1. The molecule has 1 N–H and O–H groups in total. The quantitative estimate of drug-likeness (QED) is 0.235. The summed E-state index contributed by atoms with van der Waals surface area (Å²) >= 11 is 0. The van der Waals surface area contributed by atoms with Gasteiger partial charge in [0, 0.05) is 26.3 Å². The average Bonchev–Trinajstić information content (AvgIpc) is 2.97.